The summed E-state index contributed by atoms with van der Waals surface area (Å²) in [6.45, 7) is 1.77. The first-order valence-electron chi connectivity index (χ1n) is 7.38. The average Bonchev–Trinajstić information content (AvgIpc) is 3.11. The first-order valence-corrected chi connectivity index (χ1v) is 7.38. The van der Waals surface area contributed by atoms with Crippen molar-refractivity contribution in [3.8, 4) is 17.0 Å². The van der Waals surface area contributed by atoms with Crippen LogP contribution in [-0.4, -0.2) is 26.9 Å². The molecule has 6 heteroatoms. The number of H-pyrrole nitrogens is 1. The van der Waals surface area contributed by atoms with Gasteiger partial charge in [-0.2, -0.15) is 10.2 Å². The van der Waals surface area contributed by atoms with E-state index in [1.807, 2.05) is 30.3 Å². The zero-order valence-electron chi connectivity index (χ0n) is 13.0. The Bertz CT molecular complexity index is 868. The molecule has 3 rings (SSSR count). The van der Waals surface area contributed by atoms with Crippen LogP contribution in [0.3, 0.4) is 0 Å². The number of nitrogens with one attached hydrogen (secondary N) is 2. The molecule has 0 unspecified atom stereocenters. The van der Waals surface area contributed by atoms with Gasteiger partial charge in [0.2, 0.25) is 0 Å². The number of carbonyl (C=O) groups is 1. The number of hydrazone groups is 1. The highest BCUT2D eigenvalue weighted by Gasteiger charge is 2.10. The van der Waals surface area contributed by atoms with E-state index in [1.165, 1.54) is 0 Å². The molecule has 2 aromatic carbocycles. The normalized spacial score (nSPS) is 11.3. The van der Waals surface area contributed by atoms with Crippen LogP contribution in [0.15, 0.2) is 65.8 Å². The number of hydrogen-bond acceptors (Lipinski definition) is 4. The van der Waals surface area contributed by atoms with Crippen LogP contribution >= 0.6 is 0 Å². The van der Waals surface area contributed by atoms with Crippen LogP contribution in [0.1, 0.15) is 23.0 Å². The van der Waals surface area contributed by atoms with Crippen molar-refractivity contribution in [2.24, 2.45) is 5.10 Å². The van der Waals surface area contributed by atoms with Crippen molar-refractivity contribution in [1.82, 2.24) is 15.6 Å². The first-order chi connectivity index (χ1) is 11.6. The predicted molar refractivity (Wildman–Crippen MR) is 91.8 cm³/mol. The fourth-order valence-corrected chi connectivity index (χ4v) is 2.16. The third-order valence-electron chi connectivity index (χ3n) is 3.50. The number of phenols is 1. The summed E-state index contributed by atoms with van der Waals surface area (Å²) >= 11 is 0. The molecule has 6 nitrogen and oxygen atoms in total. The summed E-state index contributed by atoms with van der Waals surface area (Å²) in [4.78, 5) is 12.1. The topological polar surface area (TPSA) is 90.4 Å². The standard InChI is InChI=1S/C18H16N4O2/c1-12(13-7-9-15(23)10-8-13)19-22-18(24)17-11-16(20-21-17)14-5-3-2-4-6-14/h2-11,23H,1H3,(H,20,21)(H,22,24)/b19-12+. The molecule has 0 aliphatic rings. The molecule has 0 aliphatic heterocycles. The summed E-state index contributed by atoms with van der Waals surface area (Å²) < 4.78 is 0. The Morgan fingerprint density at radius 1 is 1.12 bits per heavy atom. The lowest BCUT2D eigenvalue weighted by molar-refractivity contribution is 0.0950. The smallest absolute Gasteiger partial charge is 0.289 e. The van der Waals surface area contributed by atoms with Crippen LogP contribution < -0.4 is 5.43 Å². The van der Waals surface area contributed by atoms with Crippen LogP contribution in [0, 0.1) is 0 Å². The number of nitrogens with zero attached hydrogens (tertiary/aromatic N) is 2. The summed E-state index contributed by atoms with van der Waals surface area (Å²) in [6.07, 6.45) is 0. The summed E-state index contributed by atoms with van der Waals surface area (Å²) in [5.74, 6) is -0.190. The average molecular weight is 320 g/mol. The number of amides is 1. The lowest BCUT2D eigenvalue weighted by atomic mass is 10.1. The van der Waals surface area contributed by atoms with Crippen LogP contribution in [-0.2, 0) is 0 Å². The van der Waals surface area contributed by atoms with Gasteiger partial charge in [-0.3, -0.25) is 9.89 Å². The number of hydrogen-bond donors (Lipinski definition) is 3. The van der Waals surface area contributed by atoms with Gasteiger partial charge in [-0.25, -0.2) is 5.43 Å². The van der Waals surface area contributed by atoms with Crippen LogP contribution in [0.4, 0.5) is 0 Å². The lowest BCUT2D eigenvalue weighted by Crippen LogP contribution is -2.19. The Kier molecular flexibility index (Phi) is 4.38. The van der Waals surface area contributed by atoms with Crippen molar-refractivity contribution in [3.63, 3.8) is 0 Å². The van der Waals surface area contributed by atoms with Crippen molar-refractivity contribution >= 4 is 11.6 Å². The molecule has 0 radical (unpaired) electrons. The quantitative estimate of drug-likeness (QED) is 0.510. The van der Waals surface area contributed by atoms with E-state index < -0.39 is 0 Å². The molecular weight excluding hydrogens is 304 g/mol. The van der Waals surface area contributed by atoms with E-state index in [0.29, 0.717) is 17.1 Å². The molecule has 0 fully saturated rings. The highest BCUT2D eigenvalue weighted by atomic mass is 16.3. The van der Waals surface area contributed by atoms with E-state index in [4.69, 9.17) is 0 Å². The Balaban J connectivity index is 1.70. The van der Waals surface area contributed by atoms with Gasteiger partial charge in [0.05, 0.1) is 11.4 Å². The third kappa shape index (κ3) is 3.49. The molecule has 3 aromatic rings. The van der Waals surface area contributed by atoms with Gasteiger partial charge in [-0.1, -0.05) is 30.3 Å². The second kappa shape index (κ2) is 6.78. The highest BCUT2D eigenvalue weighted by molar-refractivity contribution is 6.00. The monoisotopic (exact) mass is 320 g/mol. The largest absolute Gasteiger partial charge is 0.508 e. The van der Waals surface area contributed by atoms with E-state index in [0.717, 1.165) is 11.1 Å². The number of rotatable bonds is 4. The molecule has 120 valence electrons. The minimum absolute atomic E-state index is 0.182. The van der Waals surface area contributed by atoms with Crippen LogP contribution in [0.25, 0.3) is 11.3 Å². The molecule has 3 N–H and O–H groups in total. The van der Waals surface area contributed by atoms with Crippen molar-refractivity contribution in [3.05, 3.63) is 71.9 Å². The van der Waals surface area contributed by atoms with Crippen molar-refractivity contribution < 1.29 is 9.90 Å². The van der Waals surface area contributed by atoms with Crippen molar-refractivity contribution in [2.45, 2.75) is 6.92 Å². The van der Waals surface area contributed by atoms with Gasteiger partial charge >= 0.3 is 0 Å². The van der Waals surface area contributed by atoms with Gasteiger partial charge in [-0.05, 0) is 42.8 Å². The SMILES string of the molecule is C/C(=N\NC(=O)c1cc(-c2ccccc2)n[nH]1)c1ccc(O)cc1. The zero-order chi connectivity index (χ0) is 16.9. The van der Waals surface area contributed by atoms with Crippen molar-refractivity contribution in [1.29, 1.82) is 0 Å². The third-order valence-corrected chi connectivity index (χ3v) is 3.50. The molecule has 1 heterocycles. The fourth-order valence-electron chi connectivity index (χ4n) is 2.16. The van der Waals surface area contributed by atoms with E-state index in [-0.39, 0.29) is 11.7 Å². The summed E-state index contributed by atoms with van der Waals surface area (Å²) in [5.41, 5.74) is 5.88. The van der Waals surface area contributed by atoms with Gasteiger partial charge in [0.15, 0.2) is 0 Å². The summed E-state index contributed by atoms with van der Waals surface area (Å²) in [6, 6.07) is 17.9. The first kappa shape index (κ1) is 15.5. The Morgan fingerprint density at radius 2 is 1.83 bits per heavy atom. The van der Waals surface area contributed by atoms with E-state index in [9.17, 15) is 9.90 Å². The van der Waals surface area contributed by atoms with Crippen molar-refractivity contribution in [2.75, 3.05) is 0 Å². The molecule has 24 heavy (non-hydrogen) atoms. The molecule has 0 bridgehead atoms. The maximum absolute atomic E-state index is 12.1. The van der Waals surface area contributed by atoms with Crippen LogP contribution in [0.5, 0.6) is 5.75 Å². The lowest BCUT2D eigenvalue weighted by Gasteiger charge is -2.02. The minimum atomic E-state index is -0.372. The second-order valence-corrected chi connectivity index (χ2v) is 5.22. The predicted octanol–water partition coefficient (Wildman–Crippen LogP) is 2.94. The number of benzene rings is 2. The van der Waals surface area contributed by atoms with Gasteiger partial charge in [-0.15, -0.1) is 0 Å². The van der Waals surface area contributed by atoms with Crippen LogP contribution in [0.2, 0.25) is 0 Å². The van der Waals surface area contributed by atoms with Gasteiger partial charge < -0.3 is 5.11 Å². The molecule has 0 saturated heterocycles. The molecule has 0 spiro atoms. The number of aromatic amines is 1. The van der Waals surface area contributed by atoms with Gasteiger partial charge in [0.1, 0.15) is 11.4 Å². The highest BCUT2D eigenvalue weighted by Crippen LogP contribution is 2.16. The maximum atomic E-state index is 12.1. The maximum Gasteiger partial charge on any atom is 0.289 e. The Morgan fingerprint density at radius 3 is 2.54 bits per heavy atom. The number of aromatic hydroxyl groups is 1. The van der Waals surface area contributed by atoms with E-state index in [2.05, 4.69) is 20.7 Å². The minimum Gasteiger partial charge on any atom is -0.508 e. The molecule has 0 saturated carbocycles. The molecular formula is C18H16N4O2. The molecule has 0 atom stereocenters. The molecule has 1 amide bonds. The summed E-state index contributed by atoms with van der Waals surface area (Å²) in [5, 5.41) is 20.2. The van der Waals surface area contributed by atoms with Gasteiger partial charge in [0.25, 0.3) is 5.91 Å². The van der Waals surface area contributed by atoms with E-state index in [1.54, 1.807) is 37.3 Å². The fraction of sp³-hybridized carbons (Fsp3) is 0.0556. The number of carbonyl (C=O) groups excluding carboxylic acids is 1. The number of phenolic OH excluding ortho intramolecular Hbond substituents is 1. The Labute approximate surface area is 138 Å². The Hall–Kier alpha value is -3.41. The molecule has 1 aromatic heterocycles. The summed E-state index contributed by atoms with van der Waals surface area (Å²) in [7, 11) is 0. The second-order valence-electron chi connectivity index (χ2n) is 5.22. The van der Waals surface area contributed by atoms with E-state index >= 15 is 0 Å². The number of aromatic nitrogens is 2. The zero-order valence-corrected chi connectivity index (χ0v) is 13.0. The van der Waals surface area contributed by atoms with Gasteiger partial charge in [0, 0.05) is 5.56 Å². The molecule has 0 aliphatic carbocycles.